The number of hydrogen-bond acceptors (Lipinski definition) is 5. The Bertz CT molecular complexity index is 732. The van der Waals surface area contributed by atoms with Gasteiger partial charge in [0.05, 0.1) is 25.1 Å². The highest BCUT2D eigenvalue weighted by atomic mass is 16.5. The van der Waals surface area contributed by atoms with Crippen LogP contribution in [0.2, 0.25) is 0 Å². The van der Waals surface area contributed by atoms with Crippen LogP contribution >= 0.6 is 0 Å². The van der Waals surface area contributed by atoms with E-state index in [0.29, 0.717) is 25.5 Å². The number of rotatable bonds is 5. The Labute approximate surface area is 140 Å². The lowest BCUT2D eigenvalue weighted by Crippen LogP contribution is -2.31. The van der Waals surface area contributed by atoms with Crippen LogP contribution in [-0.4, -0.2) is 39.0 Å². The van der Waals surface area contributed by atoms with E-state index in [-0.39, 0.29) is 5.91 Å². The zero-order valence-electron chi connectivity index (χ0n) is 13.9. The standard InChI is InChI=1S/C17H22N4O3/c1-12-5-8-24-16(12)17(22)20-6-2-7-21-15(9-20)14(18-19-21)11-23-10-13-3-4-13/h5,8,13H,2-4,6-7,9-11H2,1H3. The summed E-state index contributed by atoms with van der Waals surface area (Å²) in [7, 11) is 0. The maximum atomic E-state index is 12.7. The maximum Gasteiger partial charge on any atom is 0.290 e. The average molecular weight is 330 g/mol. The first-order chi connectivity index (χ1) is 11.7. The number of hydrogen-bond donors (Lipinski definition) is 0. The van der Waals surface area contributed by atoms with Crippen molar-refractivity contribution >= 4 is 5.91 Å². The summed E-state index contributed by atoms with van der Waals surface area (Å²) < 4.78 is 13.0. The van der Waals surface area contributed by atoms with E-state index in [4.69, 9.17) is 9.15 Å². The molecule has 0 spiro atoms. The number of aryl methyl sites for hydroxylation is 2. The fourth-order valence-corrected chi connectivity index (χ4v) is 3.02. The van der Waals surface area contributed by atoms with Gasteiger partial charge in [-0.3, -0.25) is 4.79 Å². The Balaban J connectivity index is 1.49. The summed E-state index contributed by atoms with van der Waals surface area (Å²) in [6.45, 7) is 5.09. The number of nitrogens with zero attached hydrogens (tertiary/aromatic N) is 4. The lowest BCUT2D eigenvalue weighted by Gasteiger charge is -2.19. The van der Waals surface area contributed by atoms with Crippen molar-refractivity contribution in [1.82, 2.24) is 19.9 Å². The second kappa shape index (κ2) is 6.39. The predicted molar refractivity (Wildman–Crippen MR) is 85.2 cm³/mol. The Hall–Kier alpha value is -2.15. The highest BCUT2D eigenvalue weighted by Crippen LogP contribution is 2.29. The molecular formula is C17H22N4O3. The number of furan rings is 1. The average Bonchev–Trinajstić information content (AvgIpc) is 3.25. The minimum absolute atomic E-state index is 0.0722. The Morgan fingerprint density at radius 3 is 3.04 bits per heavy atom. The molecule has 7 heteroatoms. The molecule has 4 rings (SSSR count). The summed E-state index contributed by atoms with van der Waals surface area (Å²) in [6, 6.07) is 1.81. The van der Waals surface area contributed by atoms with E-state index in [0.717, 1.165) is 42.4 Å². The SMILES string of the molecule is Cc1ccoc1C(=O)N1CCCn2nnc(COCC3CC3)c2C1. The lowest BCUT2D eigenvalue weighted by atomic mass is 10.2. The Morgan fingerprint density at radius 1 is 1.42 bits per heavy atom. The fourth-order valence-electron chi connectivity index (χ4n) is 3.02. The first-order valence-corrected chi connectivity index (χ1v) is 8.54. The summed E-state index contributed by atoms with van der Waals surface area (Å²) in [5, 5.41) is 8.49. The molecule has 128 valence electrons. The number of aromatic nitrogens is 3. The van der Waals surface area contributed by atoms with Gasteiger partial charge in [0.2, 0.25) is 0 Å². The molecule has 0 aromatic carbocycles. The molecule has 1 aliphatic carbocycles. The normalized spacial score (nSPS) is 17.6. The van der Waals surface area contributed by atoms with Gasteiger partial charge in [-0.15, -0.1) is 5.10 Å². The van der Waals surface area contributed by atoms with Crippen molar-refractivity contribution in [2.24, 2.45) is 5.92 Å². The van der Waals surface area contributed by atoms with Gasteiger partial charge in [0.25, 0.3) is 5.91 Å². The molecule has 0 atom stereocenters. The Morgan fingerprint density at radius 2 is 2.29 bits per heavy atom. The third kappa shape index (κ3) is 3.08. The molecule has 0 bridgehead atoms. The van der Waals surface area contributed by atoms with Gasteiger partial charge in [-0.1, -0.05) is 5.21 Å². The van der Waals surface area contributed by atoms with Crippen LogP contribution in [0.1, 0.15) is 46.8 Å². The van der Waals surface area contributed by atoms with Crippen LogP contribution in [0, 0.1) is 12.8 Å². The van der Waals surface area contributed by atoms with E-state index < -0.39 is 0 Å². The summed E-state index contributed by atoms with van der Waals surface area (Å²) in [6.07, 6.45) is 4.95. The minimum Gasteiger partial charge on any atom is -0.459 e. The van der Waals surface area contributed by atoms with Crippen molar-refractivity contribution in [3.05, 3.63) is 35.0 Å². The molecule has 1 aliphatic heterocycles. The third-order valence-corrected chi connectivity index (χ3v) is 4.69. The van der Waals surface area contributed by atoms with Crippen molar-refractivity contribution in [2.75, 3.05) is 13.2 Å². The topological polar surface area (TPSA) is 73.4 Å². The van der Waals surface area contributed by atoms with Crippen LogP contribution in [0.4, 0.5) is 0 Å². The van der Waals surface area contributed by atoms with Crippen LogP contribution in [0.15, 0.2) is 16.7 Å². The van der Waals surface area contributed by atoms with Crippen LogP contribution < -0.4 is 0 Å². The highest BCUT2D eigenvalue weighted by Gasteiger charge is 2.27. The second-order valence-electron chi connectivity index (χ2n) is 6.68. The number of carbonyl (C=O) groups is 1. The first kappa shape index (κ1) is 15.4. The Kier molecular flexibility index (Phi) is 4.10. The van der Waals surface area contributed by atoms with E-state index in [1.54, 1.807) is 6.26 Å². The first-order valence-electron chi connectivity index (χ1n) is 8.54. The predicted octanol–water partition coefficient (Wildman–Crippen LogP) is 2.15. The molecule has 7 nitrogen and oxygen atoms in total. The van der Waals surface area contributed by atoms with Crippen LogP contribution in [0.5, 0.6) is 0 Å². The molecule has 2 aromatic heterocycles. The zero-order chi connectivity index (χ0) is 16.5. The van der Waals surface area contributed by atoms with E-state index in [9.17, 15) is 4.79 Å². The van der Waals surface area contributed by atoms with Gasteiger partial charge in [0.1, 0.15) is 5.69 Å². The number of carbonyl (C=O) groups excluding carboxylic acids is 1. The molecule has 1 amide bonds. The molecule has 0 saturated heterocycles. The molecule has 1 fully saturated rings. The molecule has 0 radical (unpaired) electrons. The van der Waals surface area contributed by atoms with Gasteiger partial charge in [-0.25, -0.2) is 4.68 Å². The summed E-state index contributed by atoms with van der Waals surface area (Å²) in [4.78, 5) is 14.6. The van der Waals surface area contributed by atoms with Gasteiger partial charge in [-0.05, 0) is 38.2 Å². The minimum atomic E-state index is -0.0722. The van der Waals surface area contributed by atoms with Crippen molar-refractivity contribution in [3.63, 3.8) is 0 Å². The van der Waals surface area contributed by atoms with E-state index in [1.807, 2.05) is 22.6 Å². The van der Waals surface area contributed by atoms with E-state index in [2.05, 4.69) is 10.3 Å². The highest BCUT2D eigenvalue weighted by molar-refractivity contribution is 5.92. The molecular weight excluding hydrogens is 308 g/mol. The number of ether oxygens (including phenoxy) is 1. The number of fused-ring (bicyclic) bond motifs is 1. The van der Waals surface area contributed by atoms with Crippen LogP contribution in [0.25, 0.3) is 0 Å². The third-order valence-electron chi connectivity index (χ3n) is 4.69. The van der Waals surface area contributed by atoms with Crippen molar-refractivity contribution < 1.29 is 13.9 Å². The summed E-state index contributed by atoms with van der Waals surface area (Å²) in [5.41, 5.74) is 2.68. The summed E-state index contributed by atoms with van der Waals surface area (Å²) in [5.74, 6) is 1.07. The van der Waals surface area contributed by atoms with Crippen molar-refractivity contribution in [3.8, 4) is 0 Å². The van der Waals surface area contributed by atoms with Gasteiger partial charge < -0.3 is 14.1 Å². The van der Waals surface area contributed by atoms with E-state index >= 15 is 0 Å². The zero-order valence-corrected chi connectivity index (χ0v) is 13.9. The van der Waals surface area contributed by atoms with Crippen molar-refractivity contribution in [1.29, 1.82) is 0 Å². The van der Waals surface area contributed by atoms with Gasteiger partial charge in [0, 0.05) is 25.3 Å². The lowest BCUT2D eigenvalue weighted by molar-refractivity contribution is 0.0708. The molecule has 2 aromatic rings. The van der Waals surface area contributed by atoms with E-state index in [1.165, 1.54) is 12.8 Å². The molecule has 0 N–H and O–H groups in total. The van der Waals surface area contributed by atoms with Crippen molar-refractivity contribution in [2.45, 2.75) is 45.9 Å². The largest absolute Gasteiger partial charge is 0.459 e. The molecule has 2 aliphatic rings. The van der Waals surface area contributed by atoms with Gasteiger partial charge >= 0.3 is 0 Å². The van der Waals surface area contributed by atoms with Gasteiger partial charge in [0.15, 0.2) is 5.76 Å². The van der Waals surface area contributed by atoms with Crippen LogP contribution in [-0.2, 0) is 24.4 Å². The monoisotopic (exact) mass is 330 g/mol. The number of amides is 1. The molecule has 1 saturated carbocycles. The molecule has 0 unspecified atom stereocenters. The van der Waals surface area contributed by atoms with Gasteiger partial charge in [-0.2, -0.15) is 0 Å². The maximum absolute atomic E-state index is 12.7. The quantitative estimate of drug-likeness (QED) is 0.840. The van der Waals surface area contributed by atoms with Crippen LogP contribution in [0.3, 0.4) is 0 Å². The summed E-state index contributed by atoms with van der Waals surface area (Å²) >= 11 is 0. The fraction of sp³-hybridized carbons (Fsp3) is 0.588. The smallest absolute Gasteiger partial charge is 0.290 e. The second-order valence-corrected chi connectivity index (χ2v) is 6.68. The molecule has 3 heterocycles. The molecule has 24 heavy (non-hydrogen) atoms.